The van der Waals surface area contributed by atoms with Crippen LogP contribution in [0.5, 0.6) is 0 Å². The molecular formula is C15H21N. The molecule has 0 spiro atoms. The molecule has 0 bridgehead atoms. The standard InChI is InChI=1S/C15H21N/c1-15-9-10-16(2)11-13(15)8-7-12-5-3-4-6-14(12)15/h3-6,13H,7-11H2,1-2H3/t13-,15+/m1/s1. The highest BCUT2D eigenvalue weighted by Gasteiger charge is 2.42. The largest absolute Gasteiger partial charge is 0.306 e. The van der Waals surface area contributed by atoms with Gasteiger partial charge in [-0.25, -0.2) is 0 Å². The Hall–Kier alpha value is -0.820. The SMILES string of the molecule is CN1CC[C@]2(C)c3ccccc3CC[C@@H]2C1. The van der Waals surface area contributed by atoms with Crippen LogP contribution in [0.15, 0.2) is 24.3 Å². The number of nitrogens with zero attached hydrogens (tertiary/aromatic N) is 1. The van der Waals surface area contributed by atoms with Crippen molar-refractivity contribution >= 4 is 0 Å². The van der Waals surface area contributed by atoms with Crippen LogP contribution in [0.4, 0.5) is 0 Å². The molecule has 0 N–H and O–H groups in total. The van der Waals surface area contributed by atoms with Crippen LogP contribution < -0.4 is 0 Å². The molecule has 1 heteroatoms. The van der Waals surface area contributed by atoms with Crippen LogP contribution in [-0.2, 0) is 11.8 Å². The zero-order valence-corrected chi connectivity index (χ0v) is 10.4. The summed E-state index contributed by atoms with van der Waals surface area (Å²) >= 11 is 0. The fourth-order valence-corrected chi connectivity index (χ4v) is 3.69. The molecule has 0 amide bonds. The van der Waals surface area contributed by atoms with Gasteiger partial charge in [0.15, 0.2) is 0 Å². The summed E-state index contributed by atoms with van der Waals surface area (Å²) in [6.45, 7) is 5.02. The molecule has 0 radical (unpaired) electrons. The molecule has 0 aromatic heterocycles. The van der Waals surface area contributed by atoms with Crippen LogP contribution in [0.3, 0.4) is 0 Å². The predicted octanol–water partition coefficient (Wildman–Crippen LogP) is 2.84. The maximum absolute atomic E-state index is 2.50. The minimum Gasteiger partial charge on any atom is -0.306 e. The van der Waals surface area contributed by atoms with Gasteiger partial charge in [0, 0.05) is 6.54 Å². The first kappa shape index (κ1) is 10.3. The summed E-state index contributed by atoms with van der Waals surface area (Å²) in [5, 5.41) is 0. The average molecular weight is 215 g/mol. The number of hydrogen-bond donors (Lipinski definition) is 0. The van der Waals surface area contributed by atoms with E-state index in [0.717, 1.165) is 5.92 Å². The Labute approximate surface area is 98.5 Å². The van der Waals surface area contributed by atoms with E-state index in [4.69, 9.17) is 0 Å². The number of piperidine rings is 1. The summed E-state index contributed by atoms with van der Waals surface area (Å²) in [7, 11) is 2.26. The van der Waals surface area contributed by atoms with Gasteiger partial charge in [-0.05, 0) is 55.3 Å². The van der Waals surface area contributed by atoms with Gasteiger partial charge in [-0.2, -0.15) is 0 Å². The predicted molar refractivity (Wildman–Crippen MR) is 67.7 cm³/mol. The Balaban J connectivity index is 2.03. The Morgan fingerprint density at radius 1 is 1.31 bits per heavy atom. The van der Waals surface area contributed by atoms with Crippen molar-refractivity contribution in [3.63, 3.8) is 0 Å². The lowest BCUT2D eigenvalue weighted by atomic mass is 9.61. The van der Waals surface area contributed by atoms with Gasteiger partial charge in [-0.1, -0.05) is 31.2 Å². The van der Waals surface area contributed by atoms with Gasteiger partial charge < -0.3 is 4.90 Å². The maximum Gasteiger partial charge on any atom is 0.00152 e. The number of hydrogen-bond acceptors (Lipinski definition) is 1. The quantitative estimate of drug-likeness (QED) is 0.643. The number of fused-ring (bicyclic) bond motifs is 3. The smallest absolute Gasteiger partial charge is 0.00152 e. The summed E-state index contributed by atoms with van der Waals surface area (Å²) in [5.74, 6) is 0.862. The molecule has 0 unspecified atom stereocenters. The van der Waals surface area contributed by atoms with Gasteiger partial charge in [0.25, 0.3) is 0 Å². The lowest BCUT2D eigenvalue weighted by molar-refractivity contribution is 0.106. The molecule has 1 heterocycles. The van der Waals surface area contributed by atoms with E-state index in [0.29, 0.717) is 5.41 Å². The second-order valence-electron chi connectivity index (χ2n) is 5.82. The van der Waals surface area contributed by atoms with E-state index in [1.807, 2.05) is 0 Å². The number of aryl methyl sites for hydroxylation is 1. The molecular weight excluding hydrogens is 194 g/mol. The Morgan fingerprint density at radius 2 is 2.12 bits per heavy atom. The number of likely N-dealkylation sites (tertiary alicyclic amines) is 1. The first-order valence-electron chi connectivity index (χ1n) is 6.47. The molecule has 1 aromatic rings. The molecule has 1 aromatic carbocycles. The zero-order valence-electron chi connectivity index (χ0n) is 10.4. The molecule has 86 valence electrons. The summed E-state index contributed by atoms with van der Waals surface area (Å²) in [6, 6.07) is 9.10. The summed E-state index contributed by atoms with van der Waals surface area (Å²) in [6.07, 6.45) is 3.98. The summed E-state index contributed by atoms with van der Waals surface area (Å²) in [5.41, 5.74) is 3.69. The van der Waals surface area contributed by atoms with Crippen molar-refractivity contribution in [2.24, 2.45) is 5.92 Å². The van der Waals surface area contributed by atoms with E-state index in [9.17, 15) is 0 Å². The highest BCUT2D eigenvalue weighted by atomic mass is 15.1. The molecule has 1 aliphatic carbocycles. The molecule has 1 fully saturated rings. The fourth-order valence-electron chi connectivity index (χ4n) is 3.69. The third kappa shape index (κ3) is 1.41. The van der Waals surface area contributed by atoms with Gasteiger partial charge in [0.1, 0.15) is 0 Å². The van der Waals surface area contributed by atoms with Crippen molar-refractivity contribution in [2.45, 2.75) is 31.6 Å². The van der Waals surface area contributed by atoms with E-state index < -0.39 is 0 Å². The van der Waals surface area contributed by atoms with Crippen LogP contribution in [0.25, 0.3) is 0 Å². The van der Waals surface area contributed by atoms with Crippen molar-refractivity contribution in [1.29, 1.82) is 0 Å². The molecule has 2 atom stereocenters. The minimum absolute atomic E-state index is 0.446. The normalized spacial score (nSPS) is 34.2. The highest BCUT2D eigenvalue weighted by Crippen LogP contribution is 2.46. The number of benzene rings is 1. The van der Waals surface area contributed by atoms with Crippen molar-refractivity contribution in [3.05, 3.63) is 35.4 Å². The first-order valence-corrected chi connectivity index (χ1v) is 6.47. The molecule has 1 saturated heterocycles. The van der Waals surface area contributed by atoms with Crippen LogP contribution in [0.1, 0.15) is 30.9 Å². The van der Waals surface area contributed by atoms with Crippen LogP contribution in [0, 0.1) is 5.92 Å². The fraction of sp³-hybridized carbons (Fsp3) is 0.600. The Morgan fingerprint density at radius 3 is 3.00 bits per heavy atom. The lowest BCUT2D eigenvalue weighted by Crippen LogP contribution is -2.49. The van der Waals surface area contributed by atoms with Gasteiger partial charge in [-0.3, -0.25) is 0 Å². The third-order valence-corrected chi connectivity index (χ3v) is 4.84. The zero-order chi connectivity index (χ0) is 11.2. The van der Waals surface area contributed by atoms with Crippen molar-refractivity contribution in [2.75, 3.05) is 20.1 Å². The van der Waals surface area contributed by atoms with E-state index in [1.165, 1.54) is 32.4 Å². The second-order valence-corrected chi connectivity index (χ2v) is 5.82. The van der Waals surface area contributed by atoms with E-state index >= 15 is 0 Å². The van der Waals surface area contributed by atoms with Gasteiger partial charge >= 0.3 is 0 Å². The Bertz CT molecular complexity index is 398. The summed E-state index contributed by atoms with van der Waals surface area (Å²) < 4.78 is 0. The molecule has 0 saturated carbocycles. The van der Waals surface area contributed by atoms with E-state index in [1.54, 1.807) is 11.1 Å². The van der Waals surface area contributed by atoms with Gasteiger partial charge in [0.05, 0.1) is 0 Å². The second kappa shape index (κ2) is 3.59. The van der Waals surface area contributed by atoms with Crippen LogP contribution in [-0.4, -0.2) is 25.0 Å². The maximum atomic E-state index is 2.50. The topological polar surface area (TPSA) is 3.24 Å². The monoisotopic (exact) mass is 215 g/mol. The Kier molecular flexibility index (Phi) is 2.32. The molecule has 2 aliphatic rings. The highest BCUT2D eigenvalue weighted by molar-refractivity contribution is 5.37. The summed E-state index contributed by atoms with van der Waals surface area (Å²) in [4.78, 5) is 2.50. The first-order chi connectivity index (χ1) is 7.70. The van der Waals surface area contributed by atoms with Crippen LogP contribution in [0.2, 0.25) is 0 Å². The van der Waals surface area contributed by atoms with Crippen LogP contribution >= 0.6 is 0 Å². The average Bonchev–Trinajstić information content (AvgIpc) is 2.31. The van der Waals surface area contributed by atoms with E-state index in [2.05, 4.69) is 43.1 Å². The van der Waals surface area contributed by atoms with E-state index in [-0.39, 0.29) is 0 Å². The van der Waals surface area contributed by atoms with Gasteiger partial charge in [0.2, 0.25) is 0 Å². The minimum atomic E-state index is 0.446. The number of rotatable bonds is 0. The molecule has 3 rings (SSSR count). The molecule has 16 heavy (non-hydrogen) atoms. The van der Waals surface area contributed by atoms with Crippen molar-refractivity contribution < 1.29 is 0 Å². The third-order valence-electron chi connectivity index (χ3n) is 4.84. The van der Waals surface area contributed by atoms with Crippen molar-refractivity contribution in [1.82, 2.24) is 4.90 Å². The van der Waals surface area contributed by atoms with Crippen molar-refractivity contribution in [3.8, 4) is 0 Å². The molecule has 1 aliphatic heterocycles. The lowest BCUT2D eigenvalue weighted by Gasteiger charge is -2.49. The molecule has 1 nitrogen and oxygen atoms in total. The van der Waals surface area contributed by atoms with Gasteiger partial charge in [-0.15, -0.1) is 0 Å².